The second-order valence-corrected chi connectivity index (χ2v) is 5.21. The molecule has 0 spiro atoms. The van der Waals surface area contributed by atoms with E-state index in [1.165, 1.54) is 0 Å². The Kier molecular flexibility index (Phi) is 5.98. The van der Waals surface area contributed by atoms with Crippen molar-refractivity contribution < 1.29 is 0 Å². The highest BCUT2D eigenvalue weighted by molar-refractivity contribution is 6.20. The first kappa shape index (κ1) is 13.2. The molecule has 2 heteroatoms. The maximum Gasteiger partial charge on any atom is 0.0355 e. The molecular formula is C11H24ClN. The first-order valence-corrected chi connectivity index (χ1v) is 5.70. The molecule has 0 saturated carbocycles. The second-order valence-electron chi connectivity index (χ2n) is 4.60. The lowest BCUT2D eigenvalue weighted by atomic mass is 9.90. The molecular weight excluding hydrogens is 182 g/mol. The molecule has 0 bridgehead atoms. The Bertz CT molecular complexity index is 130. The average molecular weight is 206 g/mol. The van der Waals surface area contributed by atoms with Gasteiger partial charge in [-0.25, -0.2) is 0 Å². The largest absolute Gasteiger partial charge is 0.314 e. The van der Waals surface area contributed by atoms with Crippen molar-refractivity contribution in [1.29, 1.82) is 0 Å². The monoisotopic (exact) mass is 205 g/mol. The van der Waals surface area contributed by atoms with Crippen LogP contribution in [-0.4, -0.2) is 18.0 Å². The molecule has 0 amide bonds. The van der Waals surface area contributed by atoms with Gasteiger partial charge < -0.3 is 5.32 Å². The SMILES string of the molecule is CCC(C)(CC(Cl)CC(C)C)NC. The zero-order valence-electron chi connectivity index (χ0n) is 9.65. The Hall–Kier alpha value is 0.250. The molecule has 2 atom stereocenters. The normalized spacial score (nSPS) is 18.7. The molecule has 0 aromatic heterocycles. The van der Waals surface area contributed by atoms with E-state index in [2.05, 4.69) is 33.0 Å². The van der Waals surface area contributed by atoms with Crippen LogP contribution in [0.1, 0.15) is 47.0 Å². The molecule has 0 aliphatic carbocycles. The Labute approximate surface area is 88.2 Å². The number of nitrogens with one attached hydrogen (secondary N) is 1. The molecule has 0 fully saturated rings. The van der Waals surface area contributed by atoms with Crippen LogP contribution in [0.2, 0.25) is 0 Å². The standard InChI is InChI=1S/C11H24ClN/c1-6-11(4,13-5)8-10(12)7-9(2)3/h9-10,13H,6-8H2,1-5H3. The number of hydrogen-bond acceptors (Lipinski definition) is 1. The van der Waals surface area contributed by atoms with Gasteiger partial charge in [-0.05, 0) is 39.2 Å². The molecule has 1 nitrogen and oxygen atoms in total. The van der Waals surface area contributed by atoms with Gasteiger partial charge in [0.05, 0.1) is 0 Å². The minimum absolute atomic E-state index is 0.210. The van der Waals surface area contributed by atoms with Crippen LogP contribution in [0.5, 0.6) is 0 Å². The minimum Gasteiger partial charge on any atom is -0.314 e. The summed E-state index contributed by atoms with van der Waals surface area (Å²) in [6, 6.07) is 0. The topological polar surface area (TPSA) is 12.0 Å². The van der Waals surface area contributed by atoms with Crippen molar-refractivity contribution in [3.63, 3.8) is 0 Å². The summed E-state index contributed by atoms with van der Waals surface area (Å²) in [5.41, 5.74) is 0.210. The summed E-state index contributed by atoms with van der Waals surface area (Å²) in [5, 5.41) is 3.65. The fourth-order valence-electron chi connectivity index (χ4n) is 1.51. The smallest absolute Gasteiger partial charge is 0.0355 e. The van der Waals surface area contributed by atoms with Crippen molar-refractivity contribution in [2.75, 3.05) is 7.05 Å². The van der Waals surface area contributed by atoms with E-state index in [0.717, 1.165) is 19.3 Å². The molecule has 0 aromatic rings. The summed E-state index contributed by atoms with van der Waals surface area (Å²) < 4.78 is 0. The Morgan fingerprint density at radius 2 is 1.92 bits per heavy atom. The average Bonchev–Trinajstić information content (AvgIpc) is 2.02. The fourth-order valence-corrected chi connectivity index (χ4v) is 2.20. The third kappa shape index (κ3) is 5.53. The summed E-state index contributed by atoms with van der Waals surface area (Å²) in [6.07, 6.45) is 3.30. The first-order chi connectivity index (χ1) is 5.93. The maximum atomic E-state index is 6.28. The van der Waals surface area contributed by atoms with Crippen LogP contribution in [0.15, 0.2) is 0 Å². The molecule has 0 aromatic carbocycles. The Morgan fingerprint density at radius 3 is 2.23 bits per heavy atom. The van der Waals surface area contributed by atoms with E-state index >= 15 is 0 Å². The fraction of sp³-hybridized carbons (Fsp3) is 1.00. The summed E-state index contributed by atoms with van der Waals surface area (Å²) in [5.74, 6) is 0.695. The Balaban J connectivity index is 3.94. The van der Waals surface area contributed by atoms with Crippen LogP contribution in [0, 0.1) is 5.92 Å². The predicted molar refractivity (Wildman–Crippen MR) is 61.5 cm³/mol. The van der Waals surface area contributed by atoms with Gasteiger partial charge in [0.2, 0.25) is 0 Å². The van der Waals surface area contributed by atoms with E-state index < -0.39 is 0 Å². The summed E-state index contributed by atoms with van der Waals surface area (Å²) in [6.45, 7) is 8.88. The van der Waals surface area contributed by atoms with Crippen LogP contribution < -0.4 is 5.32 Å². The summed E-state index contributed by atoms with van der Waals surface area (Å²) in [7, 11) is 2.02. The summed E-state index contributed by atoms with van der Waals surface area (Å²) >= 11 is 6.28. The van der Waals surface area contributed by atoms with E-state index in [1.807, 2.05) is 7.05 Å². The van der Waals surface area contributed by atoms with Crippen LogP contribution in [0.25, 0.3) is 0 Å². The van der Waals surface area contributed by atoms with Crippen LogP contribution in [-0.2, 0) is 0 Å². The lowest BCUT2D eigenvalue weighted by molar-refractivity contribution is 0.327. The molecule has 0 saturated heterocycles. The highest BCUT2D eigenvalue weighted by atomic mass is 35.5. The first-order valence-electron chi connectivity index (χ1n) is 5.26. The predicted octanol–water partition coefficient (Wildman–Crippen LogP) is 3.42. The van der Waals surface area contributed by atoms with Gasteiger partial charge in [0.1, 0.15) is 0 Å². The van der Waals surface area contributed by atoms with Gasteiger partial charge in [0.15, 0.2) is 0 Å². The van der Waals surface area contributed by atoms with Crippen molar-refractivity contribution in [1.82, 2.24) is 5.32 Å². The van der Waals surface area contributed by atoms with Gasteiger partial charge in [-0.15, -0.1) is 11.6 Å². The molecule has 2 unspecified atom stereocenters. The lowest BCUT2D eigenvalue weighted by Gasteiger charge is -2.30. The van der Waals surface area contributed by atoms with Crippen molar-refractivity contribution in [2.45, 2.75) is 57.9 Å². The van der Waals surface area contributed by atoms with Gasteiger partial charge in [0.25, 0.3) is 0 Å². The molecule has 1 N–H and O–H groups in total. The number of halogens is 1. The van der Waals surface area contributed by atoms with Crippen molar-refractivity contribution in [3.8, 4) is 0 Å². The molecule has 0 heterocycles. The maximum absolute atomic E-state index is 6.28. The third-order valence-electron chi connectivity index (χ3n) is 2.78. The summed E-state index contributed by atoms with van der Waals surface area (Å²) in [4.78, 5) is 0. The quantitative estimate of drug-likeness (QED) is 0.656. The van der Waals surface area contributed by atoms with Crippen molar-refractivity contribution in [3.05, 3.63) is 0 Å². The lowest BCUT2D eigenvalue weighted by Crippen LogP contribution is -2.41. The van der Waals surface area contributed by atoms with Gasteiger partial charge in [-0.3, -0.25) is 0 Å². The van der Waals surface area contributed by atoms with E-state index in [-0.39, 0.29) is 5.54 Å². The Morgan fingerprint density at radius 1 is 1.38 bits per heavy atom. The second kappa shape index (κ2) is 5.87. The number of rotatable bonds is 6. The highest BCUT2D eigenvalue weighted by Gasteiger charge is 2.23. The van der Waals surface area contributed by atoms with E-state index in [9.17, 15) is 0 Å². The third-order valence-corrected chi connectivity index (χ3v) is 3.12. The molecule has 0 rings (SSSR count). The molecule has 13 heavy (non-hydrogen) atoms. The number of hydrogen-bond donors (Lipinski definition) is 1. The van der Waals surface area contributed by atoms with E-state index in [4.69, 9.17) is 11.6 Å². The molecule has 80 valence electrons. The zero-order valence-corrected chi connectivity index (χ0v) is 10.4. The van der Waals surface area contributed by atoms with E-state index in [1.54, 1.807) is 0 Å². The van der Waals surface area contributed by atoms with Crippen LogP contribution in [0.3, 0.4) is 0 Å². The molecule has 0 radical (unpaired) electrons. The van der Waals surface area contributed by atoms with Crippen LogP contribution in [0.4, 0.5) is 0 Å². The molecule has 0 aliphatic rings. The molecule has 0 aliphatic heterocycles. The van der Waals surface area contributed by atoms with Gasteiger partial charge in [-0.2, -0.15) is 0 Å². The van der Waals surface area contributed by atoms with Gasteiger partial charge >= 0.3 is 0 Å². The van der Waals surface area contributed by atoms with Crippen molar-refractivity contribution >= 4 is 11.6 Å². The zero-order chi connectivity index (χ0) is 10.5. The van der Waals surface area contributed by atoms with E-state index in [0.29, 0.717) is 11.3 Å². The minimum atomic E-state index is 0.210. The van der Waals surface area contributed by atoms with Crippen molar-refractivity contribution in [2.24, 2.45) is 5.92 Å². The highest BCUT2D eigenvalue weighted by Crippen LogP contribution is 2.23. The van der Waals surface area contributed by atoms with Gasteiger partial charge in [-0.1, -0.05) is 20.8 Å². The number of alkyl halides is 1. The van der Waals surface area contributed by atoms with Gasteiger partial charge in [0, 0.05) is 10.9 Å². The van der Waals surface area contributed by atoms with Crippen LogP contribution >= 0.6 is 11.6 Å².